The number of unbranched alkanes of at least 4 members (excludes halogenated alkanes) is 3. The average molecular weight is 346 g/mol. The number of nitrogens with one attached hydrogen (secondary N) is 1. The summed E-state index contributed by atoms with van der Waals surface area (Å²) in [5.74, 6) is 0. The van der Waals surface area contributed by atoms with Crippen LogP contribution in [0.25, 0.3) is 10.8 Å². The topological polar surface area (TPSA) is 12.0 Å². The zero-order chi connectivity index (χ0) is 18.0. The highest BCUT2D eigenvalue weighted by atomic mass is 14.8. The molecule has 0 unspecified atom stereocenters. The third-order valence-electron chi connectivity index (χ3n) is 5.17. The first-order valence-corrected chi connectivity index (χ1v) is 10.1. The second-order valence-electron chi connectivity index (χ2n) is 7.11. The van der Waals surface area contributed by atoms with Crippen LogP contribution in [-0.4, -0.2) is 6.54 Å². The monoisotopic (exact) mass is 345 g/mol. The minimum atomic E-state index is 0.955. The fraction of sp³-hybridized carbons (Fsp3) is 0.360. The SMILES string of the molecule is CCNCc1ccc(CCCCCCc2ccccc2)c2ccccc12. The molecule has 0 amide bonds. The predicted octanol–water partition coefficient (Wildman–Crippen LogP) is 6.29. The molecule has 0 saturated carbocycles. The van der Waals surface area contributed by atoms with Gasteiger partial charge in [0, 0.05) is 6.54 Å². The summed E-state index contributed by atoms with van der Waals surface area (Å²) in [5, 5.41) is 6.31. The first kappa shape index (κ1) is 18.7. The molecule has 0 spiro atoms. The van der Waals surface area contributed by atoms with Crippen molar-refractivity contribution >= 4 is 10.8 Å². The summed E-state index contributed by atoms with van der Waals surface area (Å²) in [4.78, 5) is 0. The first-order chi connectivity index (χ1) is 12.9. The molecular weight excluding hydrogens is 314 g/mol. The zero-order valence-electron chi connectivity index (χ0n) is 16.0. The minimum absolute atomic E-state index is 0.955. The Labute approximate surface area is 158 Å². The molecular formula is C25H31N. The van der Waals surface area contributed by atoms with E-state index in [0.717, 1.165) is 13.1 Å². The van der Waals surface area contributed by atoms with Gasteiger partial charge in [0.05, 0.1) is 0 Å². The fourth-order valence-corrected chi connectivity index (χ4v) is 3.70. The van der Waals surface area contributed by atoms with Gasteiger partial charge in [0.2, 0.25) is 0 Å². The van der Waals surface area contributed by atoms with Crippen molar-refractivity contribution in [2.75, 3.05) is 6.54 Å². The van der Waals surface area contributed by atoms with Crippen LogP contribution in [0.5, 0.6) is 0 Å². The highest BCUT2D eigenvalue weighted by molar-refractivity contribution is 5.88. The Bertz CT molecular complexity index is 792. The van der Waals surface area contributed by atoms with Gasteiger partial charge in [0.1, 0.15) is 0 Å². The predicted molar refractivity (Wildman–Crippen MR) is 114 cm³/mol. The van der Waals surface area contributed by atoms with Crippen LogP contribution in [0.4, 0.5) is 0 Å². The molecule has 3 rings (SSSR count). The standard InChI is InChI=1S/C25H31N/c1-2-26-20-23-19-18-22(24-16-10-11-17-25(23)24)15-9-4-3-6-12-21-13-7-5-8-14-21/h5,7-8,10-11,13-14,16-19,26H,2-4,6,9,12,15,20H2,1H3. The number of hydrogen-bond acceptors (Lipinski definition) is 1. The molecule has 1 N–H and O–H groups in total. The van der Waals surface area contributed by atoms with Crippen LogP contribution in [0.15, 0.2) is 66.7 Å². The summed E-state index contributed by atoms with van der Waals surface area (Å²) in [6.45, 7) is 4.13. The zero-order valence-corrected chi connectivity index (χ0v) is 16.0. The quantitative estimate of drug-likeness (QED) is 0.425. The Hall–Kier alpha value is -2.12. The van der Waals surface area contributed by atoms with Gasteiger partial charge in [0.15, 0.2) is 0 Å². The van der Waals surface area contributed by atoms with E-state index in [9.17, 15) is 0 Å². The molecule has 0 bridgehead atoms. The maximum Gasteiger partial charge on any atom is 0.0211 e. The van der Waals surface area contributed by atoms with Crippen molar-refractivity contribution in [3.05, 3.63) is 83.4 Å². The maximum atomic E-state index is 3.46. The van der Waals surface area contributed by atoms with Crippen LogP contribution in [0.3, 0.4) is 0 Å². The molecule has 3 aromatic carbocycles. The number of rotatable bonds is 10. The van der Waals surface area contributed by atoms with E-state index < -0.39 is 0 Å². The van der Waals surface area contributed by atoms with Gasteiger partial charge >= 0.3 is 0 Å². The minimum Gasteiger partial charge on any atom is -0.313 e. The Morgan fingerprint density at radius 3 is 1.96 bits per heavy atom. The van der Waals surface area contributed by atoms with Crippen LogP contribution in [-0.2, 0) is 19.4 Å². The third-order valence-corrected chi connectivity index (χ3v) is 5.17. The molecule has 0 atom stereocenters. The molecule has 0 aliphatic carbocycles. The molecule has 26 heavy (non-hydrogen) atoms. The van der Waals surface area contributed by atoms with Gasteiger partial charge in [-0.25, -0.2) is 0 Å². The summed E-state index contributed by atoms with van der Waals surface area (Å²) in [6.07, 6.45) is 7.62. The van der Waals surface area contributed by atoms with Crippen LogP contribution in [0, 0.1) is 0 Å². The summed E-state index contributed by atoms with van der Waals surface area (Å²) in [7, 11) is 0. The second kappa shape index (κ2) is 10.1. The molecule has 0 radical (unpaired) electrons. The van der Waals surface area contributed by atoms with Crippen LogP contribution < -0.4 is 5.32 Å². The largest absolute Gasteiger partial charge is 0.313 e. The highest BCUT2D eigenvalue weighted by Crippen LogP contribution is 2.24. The molecule has 0 fully saturated rings. The van der Waals surface area contributed by atoms with E-state index in [-0.39, 0.29) is 0 Å². The van der Waals surface area contributed by atoms with Gasteiger partial charge < -0.3 is 5.32 Å². The summed E-state index contributed by atoms with van der Waals surface area (Å²) in [6, 6.07) is 24.4. The average Bonchev–Trinajstić information content (AvgIpc) is 2.70. The van der Waals surface area contributed by atoms with E-state index in [0.29, 0.717) is 0 Å². The summed E-state index contributed by atoms with van der Waals surface area (Å²) < 4.78 is 0. The van der Waals surface area contributed by atoms with Gasteiger partial charge in [-0.1, -0.05) is 86.5 Å². The molecule has 136 valence electrons. The van der Waals surface area contributed by atoms with Gasteiger partial charge in [-0.15, -0.1) is 0 Å². The molecule has 0 aliphatic rings. The van der Waals surface area contributed by atoms with E-state index in [1.54, 1.807) is 0 Å². The lowest BCUT2D eigenvalue weighted by Gasteiger charge is -2.12. The normalized spacial score (nSPS) is 11.1. The van der Waals surface area contributed by atoms with E-state index in [1.165, 1.54) is 66.0 Å². The van der Waals surface area contributed by atoms with Crippen molar-refractivity contribution in [1.82, 2.24) is 5.32 Å². The Morgan fingerprint density at radius 1 is 0.615 bits per heavy atom. The Morgan fingerprint density at radius 2 is 1.23 bits per heavy atom. The number of fused-ring (bicyclic) bond motifs is 1. The van der Waals surface area contributed by atoms with Crippen LogP contribution >= 0.6 is 0 Å². The van der Waals surface area contributed by atoms with E-state index in [2.05, 4.69) is 79.0 Å². The lowest BCUT2D eigenvalue weighted by Crippen LogP contribution is -2.12. The smallest absolute Gasteiger partial charge is 0.0211 e. The molecule has 0 aliphatic heterocycles. The fourth-order valence-electron chi connectivity index (χ4n) is 3.70. The van der Waals surface area contributed by atoms with Crippen molar-refractivity contribution in [2.45, 2.75) is 52.0 Å². The summed E-state index contributed by atoms with van der Waals surface area (Å²) in [5.41, 5.74) is 4.38. The van der Waals surface area contributed by atoms with E-state index in [1.807, 2.05) is 0 Å². The number of benzene rings is 3. The van der Waals surface area contributed by atoms with E-state index >= 15 is 0 Å². The third kappa shape index (κ3) is 5.19. The molecule has 1 nitrogen and oxygen atoms in total. The maximum absolute atomic E-state index is 3.46. The lowest BCUT2D eigenvalue weighted by molar-refractivity contribution is 0.641. The van der Waals surface area contributed by atoms with Crippen molar-refractivity contribution < 1.29 is 0 Å². The van der Waals surface area contributed by atoms with Gasteiger partial charge in [0.25, 0.3) is 0 Å². The molecule has 0 aromatic heterocycles. The Balaban J connectivity index is 1.51. The molecule has 0 heterocycles. The van der Waals surface area contributed by atoms with E-state index in [4.69, 9.17) is 0 Å². The van der Waals surface area contributed by atoms with Gasteiger partial charge in [-0.2, -0.15) is 0 Å². The lowest BCUT2D eigenvalue weighted by atomic mass is 9.95. The molecule has 3 aromatic rings. The van der Waals surface area contributed by atoms with Crippen LogP contribution in [0.1, 0.15) is 49.3 Å². The number of aryl methyl sites for hydroxylation is 2. The second-order valence-corrected chi connectivity index (χ2v) is 7.11. The van der Waals surface area contributed by atoms with Gasteiger partial charge in [-0.05, 0) is 59.7 Å². The number of hydrogen-bond donors (Lipinski definition) is 1. The van der Waals surface area contributed by atoms with Crippen molar-refractivity contribution in [1.29, 1.82) is 0 Å². The first-order valence-electron chi connectivity index (χ1n) is 10.1. The molecule has 1 heteroatoms. The molecule has 0 saturated heterocycles. The van der Waals surface area contributed by atoms with Crippen molar-refractivity contribution in [3.8, 4) is 0 Å². The Kier molecular flexibility index (Phi) is 7.27. The van der Waals surface area contributed by atoms with Crippen molar-refractivity contribution in [3.63, 3.8) is 0 Å². The highest BCUT2D eigenvalue weighted by Gasteiger charge is 2.05. The summed E-state index contributed by atoms with van der Waals surface area (Å²) >= 11 is 0. The van der Waals surface area contributed by atoms with Crippen LogP contribution in [0.2, 0.25) is 0 Å². The van der Waals surface area contributed by atoms with Gasteiger partial charge in [-0.3, -0.25) is 0 Å². The van der Waals surface area contributed by atoms with Crippen molar-refractivity contribution in [2.24, 2.45) is 0 Å².